The topological polar surface area (TPSA) is 15.7 Å². The molecule has 1 saturated carbocycles. The Morgan fingerprint density at radius 2 is 1.74 bits per heavy atom. The van der Waals surface area contributed by atoms with Gasteiger partial charge in [0.1, 0.15) is 0 Å². The van der Waals surface area contributed by atoms with Crippen molar-refractivity contribution in [3.63, 3.8) is 0 Å². The van der Waals surface area contributed by atoms with Crippen molar-refractivity contribution in [3.05, 3.63) is 0 Å². The molecule has 27 heavy (non-hydrogen) atoms. The van der Waals surface area contributed by atoms with Crippen LogP contribution < -0.4 is 0 Å². The average Bonchev–Trinajstić information content (AvgIpc) is 2.66. The molecule has 0 aromatic carbocycles. The zero-order valence-corrected chi connectivity index (χ0v) is 19.1. The molecule has 0 N–H and O–H groups in total. The molecule has 2 aliphatic rings. The van der Waals surface area contributed by atoms with Crippen LogP contribution in [0.4, 0.5) is 0 Å². The molecule has 1 aliphatic carbocycles. The highest BCUT2D eigenvalue weighted by atomic mass is 16.5. The second kappa shape index (κ2) is 12.4. The Morgan fingerprint density at radius 1 is 1.00 bits per heavy atom. The largest absolute Gasteiger partial charge is 0.375 e. The summed E-state index contributed by atoms with van der Waals surface area (Å²) < 4.78 is 6.22. The average molecular weight is 381 g/mol. The highest BCUT2D eigenvalue weighted by Crippen LogP contribution is 2.30. The van der Waals surface area contributed by atoms with Crippen molar-refractivity contribution in [2.45, 2.75) is 123 Å². The quantitative estimate of drug-likeness (QED) is 0.426. The van der Waals surface area contributed by atoms with Gasteiger partial charge in [0, 0.05) is 31.7 Å². The van der Waals surface area contributed by atoms with E-state index < -0.39 is 0 Å². The van der Waals surface area contributed by atoms with Crippen LogP contribution in [0, 0.1) is 5.92 Å². The lowest BCUT2D eigenvalue weighted by molar-refractivity contribution is -0.0321. The van der Waals surface area contributed by atoms with Crippen molar-refractivity contribution in [1.82, 2.24) is 9.80 Å². The monoisotopic (exact) mass is 380 g/mol. The van der Waals surface area contributed by atoms with Crippen molar-refractivity contribution in [2.24, 2.45) is 5.92 Å². The maximum absolute atomic E-state index is 6.22. The van der Waals surface area contributed by atoms with Crippen molar-refractivity contribution < 1.29 is 4.74 Å². The summed E-state index contributed by atoms with van der Waals surface area (Å²) in [5.41, 5.74) is 0. The second-order valence-corrected chi connectivity index (χ2v) is 9.52. The van der Waals surface area contributed by atoms with Gasteiger partial charge in [-0.2, -0.15) is 0 Å². The standard InChI is InChI=1S/C24H48N2O/c1-6-10-22(5)27-24-14-12-23(13-15-24)11-8-9-16-25-17-18-26(20(3)7-2)21(4)19-25/h20-24H,6-19H2,1-5H3. The number of unbranched alkanes of at least 4 members (excludes halogenated alkanes) is 1. The summed E-state index contributed by atoms with van der Waals surface area (Å²) in [4.78, 5) is 5.42. The number of piperazine rings is 1. The zero-order chi connectivity index (χ0) is 19.6. The van der Waals surface area contributed by atoms with Gasteiger partial charge in [-0.15, -0.1) is 0 Å². The van der Waals surface area contributed by atoms with E-state index in [1.165, 1.54) is 90.4 Å². The van der Waals surface area contributed by atoms with Gasteiger partial charge in [0.15, 0.2) is 0 Å². The first kappa shape index (κ1) is 23.2. The highest BCUT2D eigenvalue weighted by molar-refractivity contribution is 4.82. The number of nitrogens with zero attached hydrogens (tertiary/aromatic N) is 2. The Bertz CT molecular complexity index is 381. The van der Waals surface area contributed by atoms with Crippen LogP contribution in [-0.4, -0.2) is 60.3 Å². The first-order valence-corrected chi connectivity index (χ1v) is 12.2. The van der Waals surface area contributed by atoms with Crippen molar-refractivity contribution in [3.8, 4) is 0 Å². The summed E-state index contributed by atoms with van der Waals surface area (Å²) in [6, 6.07) is 1.46. The van der Waals surface area contributed by atoms with E-state index in [4.69, 9.17) is 4.74 Å². The predicted octanol–water partition coefficient (Wildman–Crippen LogP) is 5.73. The molecule has 3 heteroatoms. The lowest BCUT2D eigenvalue weighted by Gasteiger charge is -2.43. The summed E-state index contributed by atoms with van der Waals surface area (Å²) in [7, 11) is 0. The first-order chi connectivity index (χ1) is 13.0. The third kappa shape index (κ3) is 8.03. The minimum Gasteiger partial charge on any atom is -0.375 e. The molecule has 0 amide bonds. The van der Waals surface area contributed by atoms with E-state index in [-0.39, 0.29) is 0 Å². The summed E-state index contributed by atoms with van der Waals surface area (Å²) in [6.07, 6.45) is 14.4. The summed E-state index contributed by atoms with van der Waals surface area (Å²) in [5, 5.41) is 0. The molecule has 0 spiro atoms. The van der Waals surface area contributed by atoms with Crippen molar-refractivity contribution in [2.75, 3.05) is 26.2 Å². The maximum atomic E-state index is 6.22. The molecular formula is C24H48N2O. The number of ether oxygens (including phenoxy) is 1. The summed E-state index contributed by atoms with van der Waals surface area (Å²) in [5.74, 6) is 0.965. The first-order valence-electron chi connectivity index (χ1n) is 12.2. The van der Waals surface area contributed by atoms with Crippen LogP contribution in [0.5, 0.6) is 0 Å². The third-order valence-corrected chi connectivity index (χ3v) is 7.17. The lowest BCUT2D eigenvalue weighted by Crippen LogP contribution is -2.54. The lowest BCUT2D eigenvalue weighted by atomic mass is 9.84. The number of rotatable bonds is 11. The Labute approximate surface area is 170 Å². The van der Waals surface area contributed by atoms with E-state index in [1.54, 1.807) is 0 Å². The predicted molar refractivity (Wildman–Crippen MR) is 117 cm³/mol. The molecule has 1 aliphatic heterocycles. The fourth-order valence-corrected chi connectivity index (χ4v) is 5.27. The SMILES string of the molecule is CCCC(C)OC1CCC(CCCCN2CCN(C(C)CC)C(C)C2)CC1. The van der Waals surface area contributed by atoms with Crippen LogP contribution in [0.25, 0.3) is 0 Å². The molecule has 0 radical (unpaired) electrons. The normalized spacial score (nSPS) is 30.3. The van der Waals surface area contributed by atoms with Crippen LogP contribution in [0.2, 0.25) is 0 Å². The second-order valence-electron chi connectivity index (χ2n) is 9.52. The van der Waals surface area contributed by atoms with Gasteiger partial charge in [-0.05, 0) is 78.2 Å². The van der Waals surface area contributed by atoms with Gasteiger partial charge in [0.05, 0.1) is 12.2 Å². The Balaban J connectivity index is 1.53. The molecule has 3 atom stereocenters. The summed E-state index contributed by atoms with van der Waals surface area (Å²) >= 11 is 0. The van der Waals surface area contributed by atoms with Gasteiger partial charge in [-0.25, -0.2) is 0 Å². The van der Waals surface area contributed by atoms with Crippen LogP contribution in [0.1, 0.15) is 98.8 Å². The van der Waals surface area contributed by atoms with E-state index in [0.717, 1.165) is 18.0 Å². The Morgan fingerprint density at radius 3 is 2.37 bits per heavy atom. The zero-order valence-electron chi connectivity index (χ0n) is 19.1. The van der Waals surface area contributed by atoms with Crippen LogP contribution >= 0.6 is 0 Å². The molecule has 160 valence electrons. The number of hydrogen-bond donors (Lipinski definition) is 0. The van der Waals surface area contributed by atoms with E-state index in [1.807, 2.05) is 0 Å². The Kier molecular flexibility index (Phi) is 10.7. The maximum Gasteiger partial charge on any atom is 0.0579 e. The molecular weight excluding hydrogens is 332 g/mol. The van der Waals surface area contributed by atoms with E-state index in [9.17, 15) is 0 Å². The van der Waals surface area contributed by atoms with Gasteiger partial charge in [0.25, 0.3) is 0 Å². The summed E-state index contributed by atoms with van der Waals surface area (Å²) in [6.45, 7) is 16.7. The van der Waals surface area contributed by atoms with E-state index >= 15 is 0 Å². The molecule has 0 bridgehead atoms. The van der Waals surface area contributed by atoms with Gasteiger partial charge in [0.2, 0.25) is 0 Å². The molecule has 2 fully saturated rings. The Hall–Kier alpha value is -0.120. The van der Waals surface area contributed by atoms with Crippen molar-refractivity contribution in [1.29, 1.82) is 0 Å². The molecule has 2 rings (SSSR count). The number of hydrogen-bond acceptors (Lipinski definition) is 3. The third-order valence-electron chi connectivity index (χ3n) is 7.17. The smallest absolute Gasteiger partial charge is 0.0579 e. The molecule has 3 nitrogen and oxygen atoms in total. The fraction of sp³-hybridized carbons (Fsp3) is 1.00. The molecule has 3 unspecified atom stereocenters. The minimum absolute atomic E-state index is 0.458. The van der Waals surface area contributed by atoms with Crippen LogP contribution in [0.3, 0.4) is 0 Å². The molecule has 0 aromatic rings. The molecule has 1 saturated heterocycles. The fourth-order valence-electron chi connectivity index (χ4n) is 5.27. The van der Waals surface area contributed by atoms with Gasteiger partial charge in [-0.1, -0.05) is 33.1 Å². The van der Waals surface area contributed by atoms with E-state index in [2.05, 4.69) is 44.4 Å². The van der Waals surface area contributed by atoms with Gasteiger partial charge < -0.3 is 9.64 Å². The van der Waals surface area contributed by atoms with Crippen LogP contribution in [-0.2, 0) is 4.74 Å². The highest BCUT2D eigenvalue weighted by Gasteiger charge is 2.26. The van der Waals surface area contributed by atoms with Gasteiger partial charge >= 0.3 is 0 Å². The van der Waals surface area contributed by atoms with Crippen LogP contribution in [0.15, 0.2) is 0 Å². The minimum atomic E-state index is 0.458. The van der Waals surface area contributed by atoms with Crippen molar-refractivity contribution >= 4 is 0 Å². The van der Waals surface area contributed by atoms with E-state index in [0.29, 0.717) is 12.2 Å². The molecule has 1 heterocycles. The molecule has 0 aromatic heterocycles. The van der Waals surface area contributed by atoms with Gasteiger partial charge in [-0.3, -0.25) is 4.90 Å².